The van der Waals surface area contributed by atoms with Gasteiger partial charge in [0.2, 0.25) is 5.91 Å². The van der Waals surface area contributed by atoms with E-state index in [4.69, 9.17) is 4.74 Å². The molecule has 2 aliphatic rings. The van der Waals surface area contributed by atoms with E-state index in [1.54, 1.807) is 4.90 Å². The summed E-state index contributed by atoms with van der Waals surface area (Å²) in [6.07, 6.45) is 3.35. The molecule has 2 aromatic carbocycles. The van der Waals surface area contributed by atoms with Crippen molar-refractivity contribution in [2.24, 2.45) is 0 Å². The Hall–Kier alpha value is -3.08. The first-order valence-corrected chi connectivity index (χ1v) is 8.35. The Morgan fingerprint density at radius 1 is 1.08 bits per heavy atom. The predicted octanol–water partition coefficient (Wildman–Crippen LogP) is 3.23. The zero-order valence-electron chi connectivity index (χ0n) is 13.7. The summed E-state index contributed by atoms with van der Waals surface area (Å²) in [5.41, 5.74) is 3.05. The summed E-state index contributed by atoms with van der Waals surface area (Å²) < 4.78 is 5.62. The third-order valence-electron chi connectivity index (χ3n) is 4.43. The van der Waals surface area contributed by atoms with Crippen LogP contribution < -0.4 is 15.0 Å². The Morgan fingerprint density at radius 3 is 2.64 bits per heavy atom. The maximum atomic E-state index is 12.4. The lowest BCUT2D eigenvalue weighted by Gasteiger charge is -2.18. The van der Waals surface area contributed by atoms with Crippen LogP contribution in [0.5, 0.6) is 5.75 Å². The number of ether oxygens (including phenoxy) is 1. The van der Waals surface area contributed by atoms with Crippen LogP contribution in [-0.4, -0.2) is 25.0 Å². The second-order valence-corrected chi connectivity index (χ2v) is 6.15. The van der Waals surface area contributed by atoms with Gasteiger partial charge in [-0.2, -0.15) is 0 Å². The molecule has 2 aromatic rings. The Balaban J connectivity index is 1.46. The number of anilines is 2. The van der Waals surface area contributed by atoms with E-state index >= 15 is 0 Å². The molecule has 25 heavy (non-hydrogen) atoms. The number of carbonyl (C=O) groups excluding carboxylic acids is 2. The number of benzene rings is 2. The van der Waals surface area contributed by atoms with Crippen molar-refractivity contribution < 1.29 is 14.3 Å². The second-order valence-electron chi connectivity index (χ2n) is 6.15. The SMILES string of the molecule is O=C(Nc1ccc(N2CCCC2=O)cc1)C1=Cc2ccccc2OC1. The molecule has 0 bridgehead atoms. The lowest BCUT2D eigenvalue weighted by molar-refractivity contribution is -0.117. The molecule has 0 spiro atoms. The Bertz CT molecular complexity index is 855. The van der Waals surface area contributed by atoms with Crippen LogP contribution in [0.2, 0.25) is 0 Å². The van der Waals surface area contributed by atoms with Crippen LogP contribution in [0.3, 0.4) is 0 Å². The number of hydrogen-bond donors (Lipinski definition) is 1. The molecule has 1 fully saturated rings. The second kappa shape index (κ2) is 6.43. The van der Waals surface area contributed by atoms with Gasteiger partial charge in [-0.25, -0.2) is 0 Å². The van der Waals surface area contributed by atoms with Gasteiger partial charge in [-0.15, -0.1) is 0 Å². The average molecular weight is 334 g/mol. The van der Waals surface area contributed by atoms with E-state index in [2.05, 4.69) is 5.32 Å². The molecule has 5 heteroatoms. The highest BCUT2D eigenvalue weighted by molar-refractivity contribution is 6.07. The zero-order chi connectivity index (χ0) is 17.2. The third-order valence-corrected chi connectivity index (χ3v) is 4.43. The minimum Gasteiger partial charge on any atom is -0.488 e. The summed E-state index contributed by atoms with van der Waals surface area (Å²) in [6.45, 7) is 1.01. The van der Waals surface area contributed by atoms with Gasteiger partial charge in [0.25, 0.3) is 5.91 Å². The van der Waals surface area contributed by atoms with Gasteiger partial charge in [-0.05, 0) is 42.8 Å². The number of carbonyl (C=O) groups is 2. The molecule has 5 nitrogen and oxygen atoms in total. The van der Waals surface area contributed by atoms with Crippen molar-refractivity contribution in [2.75, 3.05) is 23.4 Å². The summed E-state index contributed by atoms with van der Waals surface area (Å²) in [6, 6.07) is 15.0. The third kappa shape index (κ3) is 3.13. The molecule has 2 amide bonds. The number of amides is 2. The summed E-state index contributed by atoms with van der Waals surface area (Å²) >= 11 is 0. The average Bonchev–Trinajstić information content (AvgIpc) is 3.08. The van der Waals surface area contributed by atoms with Crippen LogP contribution >= 0.6 is 0 Å². The summed E-state index contributed by atoms with van der Waals surface area (Å²) in [4.78, 5) is 26.0. The van der Waals surface area contributed by atoms with Crippen LogP contribution in [-0.2, 0) is 9.59 Å². The van der Waals surface area contributed by atoms with E-state index in [-0.39, 0.29) is 18.4 Å². The quantitative estimate of drug-likeness (QED) is 0.937. The van der Waals surface area contributed by atoms with E-state index < -0.39 is 0 Å². The van der Waals surface area contributed by atoms with Crippen molar-refractivity contribution in [2.45, 2.75) is 12.8 Å². The van der Waals surface area contributed by atoms with Crippen LogP contribution in [0, 0.1) is 0 Å². The van der Waals surface area contributed by atoms with Gasteiger partial charge in [0.1, 0.15) is 12.4 Å². The van der Waals surface area contributed by atoms with Crippen LogP contribution in [0.25, 0.3) is 6.08 Å². The lowest BCUT2D eigenvalue weighted by Crippen LogP contribution is -2.23. The molecule has 0 atom stereocenters. The maximum Gasteiger partial charge on any atom is 0.255 e. The molecule has 0 aromatic heterocycles. The highest BCUT2D eigenvalue weighted by Crippen LogP contribution is 2.27. The molecule has 0 radical (unpaired) electrons. The lowest BCUT2D eigenvalue weighted by atomic mass is 10.1. The largest absolute Gasteiger partial charge is 0.488 e. The van der Waals surface area contributed by atoms with Gasteiger partial charge in [0, 0.05) is 29.9 Å². The smallest absolute Gasteiger partial charge is 0.255 e. The zero-order valence-corrected chi connectivity index (χ0v) is 13.7. The molecular formula is C20H18N2O3. The first-order valence-electron chi connectivity index (χ1n) is 8.35. The van der Waals surface area contributed by atoms with E-state index in [1.165, 1.54) is 0 Å². The molecule has 126 valence electrons. The Kier molecular flexibility index (Phi) is 3.98. The molecule has 0 unspecified atom stereocenters. The van der Waals surface area contributed by atoms with Gasteiger partial charge in [-0.1, -0.05) is 18.2 Å². The predicted molar refractivity (Wildman–Crippen MR) is 96.6 cm³/mol. The van der Waals surface area contributed by atoms with Gasteiger partial charge in [0.15, 0.2) is 0 Å². The Morgan fingerprint density at radius 2 is 1.88 bits per heavy atom. The summed E-state index contributed by atoms with van der Waals surface area (Å²) in [5.74, 6) is 0.762. The molecule has 0 aliphatic carbocycles. The molecule has 1 saturated heterocycles. The normalized spacial score (nSPS) is 16.1. The van der Waals surface area contributed by atoms with E-state index in [0.717, 1.165) is 30.0 Å². The molecule has 4 rings (SSSR count). The van der Waals surface area contributed by atoms with Crippen molar-refractivity contribution in [3.05, 3.63) is 59.7 Å². The van der Waals surface area contributed by atoms with Crippen LogP contribution in [0.15, 0.2) is 54.1 Å². The van der Waals surface area contributed by atoms with E-state index in [0.29, 0.717) is 17.7 Å². The first-order chi connectivity index (χ1) is 12.2. The number of fused-ring (bicyclic) bond motifs is 1. The fourth-order valence-electron chi connectivity index (χ4n) is 3.10. The van der Waals surface area contributed by atoms with Gasteiger partial charge in [0.05, 0.1) is 5.57 Å². The monoisotopic (exact) mass is 334 g/mol. The summed E-state index contributed by atoms with van der Waals surface area (Å²) in [5, 5.41) is 2.88. The van der Waals surface area contributed by atoms with Crippen molar-refractivity contribution in [3.63, 3.8) is 0 Å². The first kappa shape index (κ1) is 15.4. The van der Waals surface area contributed by atoms with E-state index in [1.807, 2.05) is 54.6 Å². The van der Waals surface area contributed by atoms with Crippen molar-refractivity contribution in [1.82, 2.24) is 0 Å². The van der Waals surface area contributed by atoms with Crippen molar-refractivity contribution in [3.8, 4) is 5.75 Å². The number of nitrogens with zero attached hydrogens (tertiary/aromatic N) is 1. The molecule has 0 saturated carbocycles. The Labute approximate surface area is 145 Å². The molecular weight excluding hydrogens is 316 g/mol. The number of nitrogens with one attached hydrogen (secondary N) is 1. The fourth-order valence-corrected chi connectivity index (χ4v) is 3.10. The fraction of sp³-hybridized carbons (Fsp3) is 0.200. The number of para-hydroxylation sites is 1. The van der Waals surface area contributed by atoms with E-state index in [9.17, 15) is 9.59 Å². The maximum absolute atomic E-state index is 12.4. The number of rotatable bonds is 3. The molecule has 1 N–H and O–H groups in total. The standard InChI is InChI=1S/C20H18N2O3/c23-19-6-3-11-22(19)17-9-7-16(8-10-17)21-20(24)15-12-14-4-1-2-5-18(14)25-13-15/h1-2,4-5,7-10,12H,3,6,11,13H2,(H,21,24). The minimum atomic E-state index is -0.181. The molecule has 2 aliphatic heterocycles. The summed E-state index contributed by atoms with van der Waals surface area (Å²) in [7, 11) is 0. The van der Waals surface area contributed by atoms with Gasteiger partial charge >= 0.3 is 0 Å². The van der Waals surface area contributed by atoms with Gasteiger partial charge in [-0.3, -0.25) is 9.59 Å². The van der Waals surface area contributed by atoms with Crippen LogP contribution in [0.4, 0.5) is 11.4 Å². The molecule has 2 heterocycles. The van der Waals surface area contributed by atoms with Crippen LogP contribution in [0.1, 0.15) is 18.4 Å². The number of hydrogen-bond acceptors (Lipinski definition) is 3. The highest BCUT2D eigenvalue weighted by Gasteiger charge is 2.21. The minimum absolute atomic E-state index is 0.153. The highest BCUT2D eigenvalue weighted by atomic mass is 16.5. The van der Waals surface area contributed by atoms with Gasteiger partial charge < -0.3 is 15.0 Å². The van der Waals surface area contributed by atoms with Crippen molar-refractivity contribution in [1.29, 1.82) is 0 Å². The topological polar surface area (TPSA) is 58.6 Å². The van der Waals surface area contributed by atoms with Crippen molar-refractivity contribution >= 4 is 29.3 Å².